The lowest BCUT2D eigenvalue weighted by Gasteiger charge is -2.12. The second kappa shape index (κ2) is 14.0. The normalized spacial score (nSPS) is 12.0. The minimum Gasteiger partial charge on any atom is -0.470 e. The van der Waals surface area contributed by atoms with Crippen molar-refractivity contribution in [3.63, 3.8) is 0 Å². The second-order valence-corrected chi connectivity index (χ2v) is 6.26. The van der Waals surface area contributed by atoms with Gasteiger partial charge in [-0.25, -0.2) is 4.79 Å². The maximum atomic E-state index is 11.0. The van der Waals surface area contributed by atoms with E-state index in [2.05, 4.69) is 31.2 Å². The highest BCUT2D eigenvalue weighted by Gasteiger charge is 2.64. The Hall–Kier alpha value is -2.25. The van der Waals surface area contributed by atoms with Gasteiger partial charge in [-0.3, -0.25) is 20.2 Å². The van der Waals surface area contributed by atoms with Gasteiger partial charge in [0, 0.05) is 0 Å². The second-order valence-electron chi connectivity index (χ2n) is 6.26. The molecule has 0 radical (unpaired) electrons. The lowest BCUT2D eigenvalue weighted by Crippen LogP contribution is -2.53. The van der Waals surface area contributed by atoms with Crippen LogP contribution in [-0.4, -0.2) is 26.6 Å². The van der Waals surface area contributed by atoms with Crippen molar-refractivity contribution in [1.82, 2.24) is 0 Å². The molecule has 0 fully saturated rings. The molecule has 0 aromatic rings. The van der Waals surface area contributed by atoms with E-state index in [1.165, 1.54) is 19.3 Å². The minimum atomic E-state index is -3.12. The number of nitro groups is 2. The summed E-state index contributed by atoms with van der Waals surface area (Å²) >= 11 is 0. The predicted octanol–water partition coefficient (Wildman–Crippen LogP) is 4.74. The molecule has 8 nitrogen and oxygen atoms in total. The van der Waals surface area contributed by atoms with E-state index in [1.54, 1.807) is 0 Å². The van der Waals surface area contributed by atoms with Crippen molar-refractivity contribution in [3.8, 4) is 0 Å². The van der Waals surface area contributed by atoms with Crippen molar-refractivity contribution >= 4 is 5.97 Å². The van der Waals surface area contributed by atoms with E-state index < -0.39 is 27.9 Å². The third-order valence-electron chi connectivity index (χ3n) is 4.17. The van der Waals surface area contributed by atoms with Crippen molar-refractivity contribution in [2.75, 3.05) is 0 Å². The summed E-state index contributed by atoms with van der Waals surface area (Å²) in [6.45, 7) is 2.18. The highest BCUT2D eigenvalue weighted by molar-refractivity contribution is 5.74. The Morgan fingerprint density at radius 2 is 1.38 bits per heavy atom. The Labute approximate surface area is 154 Å². The zero-order valence-electron chi connectivity index (χ0n) is 15.5. The lowest BCUT2D eigenvalue weighted by molar-refractivity contribution is -0.779. The van der Waals surface area contributed by atoms with Crippen LogP contribution in [0.15, 0.2) is 24.3 Å². The fourth-order valence-electron chi connectivity index (χ4n) is 2.52. The van der Waals surface area contributed by atoms with Gasteiger partial charge in [-0.05, 0) is 38.5 Å². The van der Waals surface area contributed by atoms with Crippen LogP contribution < -0.4 is 0 Å². The molecule has 26 heavy (non-hydrogen) atoms. The number of rotatable bonds is 16. The van der Waals surface area contributed by atoms with Crippen LogP contribution in [0.1, 0.15) is 77.6 Å². The van der Waals surface area contributed by atoms with Gasteiger partial charge in [0.25, 0.3) is 0 Å². The Morgan fingerprint density at radius 1 is 0.885 bits per heavy atom. The van der Waals surface area contributed by atoms with Crippen LogP contribution in [0.3, 0.4) is 0 Å². The third-order valence-corrected chi connectivity index (χ3v) is 4.17. The smallest absolute Gasteiger partial charge is 0.470 e. The number of carbonyl (C=O) groups is 1. The maximum absolute atomic E-state index is 11.0. The van der Waals surface area contributed by atoms with Crippen LogP contribution in [0.5, 0.6) is 0 Å². The van der Waals surface area contributed by atoms with Gasteiger partial charge in [0.05, 0.1) is 0 Å². The molecule has 1 N–H and O–H groups in total. The standard InChI is InChI=1S/C18H30N2O6/c1-2-3-4-5-6-7-8-9-10-11-12-13-14-15-16-18(17(21)22,19(23)24)20(25)26/h6-7,9-10H,2-5,8,11-16H2,1H3,(H,21,22)/b7-6-,10-9-. The summed E-state index contributed by atoms with van der Waals surface area (Å²) in [6.07, 6.45) is 16.8. The molecule has 0 aliphatic rings. The summed E-state index contributed by atoms with van der Waals surface area (Å²) < 4.78 is 0. The molecule has 0 aromatic carbocycles. The average molecular weight is 370 g/mol. The molecule has 148 valence electrons. The summed E-state index contributed by atoms with van der Waals surface area (Å²) in [4.78, 5) is 30.0. The average Bonchev–Trinajstić information content (AvgIpc) is 2.57. The van der Waals surface area contributed by atoms with Crippen molar-refractivity contribution < 1.29 is 19.7 Å². The zero-order chi connectivity index (χ0) is 19.8. The summed E-state index contributed by atoms with van der Waals surface area (Å²) in [5, 5.41) is 30.5. The van der Waals surface area contributed by atoms with E-state index in [-0.39, 0.29) is 6.42 Å². The fourth-order valence-corrected chi connectivity index (χ4v) is 2.52. The molecule has 0 saturated carbocycles. The first-order valence-electron chi connectivity index (χ1n) is 9.22. The quantitative estimate of drug-likeness (QED) is 0.137. The van der Waals surface area contributed by atoms with Crippen LogP contribution in [0.4, 0.5) is 0 Å². The first-order chi connectivity index (χ1) is 12.4. The molecular formula is C18H30N2O6. The molecule has 0 aliphatic heterocycles. The van der Waals surface area contributed by atoms with Crippen LogP contribution >= 0.6 is 0 Å². The van der Waals surface area contributed by atoms with Gasteiger partial charge in [-0.2, -0.15) is 0 Å². The van der Waals surface area contributed by atoms with E-state index in [9.17, 15) is 25.0 Å². The van der Waals surface area contributed by atoms with Crippen molar-refractivity contribution in [3.05, 3.63) is 44.5 Å². The van der Waals surface area contributed by atoms with E-state index >= 15 is 0 Å². The highest BCUT2D eigenvalue weighted by Crippen LogP contribution is 2.21. The van der Waals surface area contributed by atoms with Crippen molar-refractivity contribution in [2.45, 2.75) is 83.2 Å². The molecule has 0 bridgehead atoms. The SMILES string of the molecule is CCCCC/C=C\C/C=C\CCCCCCC(C(=O)O)([N+](=O)[O-])[N+](=O)[O-]. The van der Waals surface area contributed by atoms with Crippen LogP contribution in [0, 0.1) is 20.2 Å². The van der Waals surface area contributed by atoms with Gasteiger partial charge in [-0.15, -0.1) is 0 Å². The molecule has 0 rings (SSSR count). The van der Waals surface area contributed by atoms with Gasteiger partial charge in [-0.1, -0.05) is 56.9 Å². The highest BCUT2D eigenvalue weighted by atomic mass is 16.7. The van der Waals surface area contributed by atoms with Gasteiger partial charge >= 0.3 is 11.6 Å². The zero-order valence-corrected chi connectivity index (χ0v) is 15.5. The molecule has 0 amide bonds. The summed E-state index contributed by atoms with van der Waals surface area (Å²) in [7, 11) is 0. The van der Waals surface area contributed by atoms with Crippen molar-refractivity contribution in [2.24, 2.45) is 0 Å². The maximum Gasteiger partial charge on any atom is 0.552 e. The number of carboxylic acid groups (broad SMARTS) is 1. The Morgan fingerprint density at radius 3 is 1.85 bits per heavy atom. The number of unbranched alkanes of at least 4 members (excludes halogenated alkanes) is 7. The molecule has 0 unspecified atom stereocenters. The summed E-state index contributed by atoms with van der Waals surface area (Å²) in [6, 6.07) is 0. The molecule has 0 spiro atoms. The number of aliphatic carboxylic acids is 1. The lowest BCUT2D eigenvalue weighted by atomic mass is 10.0. The fraction of sp³-hybridized carbons (Fsp3) is 0.722. The molecule has 0 atom stereocenters. The predicted molar refractivity (Wildman–Crippen MR) is 99.1 cm³/mol. The number of hydrogen-bond donors (Lipinski definition) is 1. The van der Waals surface area contributed by atoms with Gasteiger partial charge in [0.2, 0.25) is 0 Å². The molecule has 0 saturated heterocycles. The molecular weight excluding hydrogens is 340 g/mol. The van der Waals surface area contributed by atoms with Crippen LogP contribution in [-0.2, 0) is 4.79 Å². The van der Waals surface area contributed by atoms with Gasteiger partial charge < -0.3 is 5.11 Å². The molecule has 0 aliphatic carbocycles. The summed E-state index contributed by atoms with van der Waals surface area (Å²) in [5.41, 5.74) is -3.12. The van der Waals surface area contributed by atoms with Crippen molar-refractivity contribution in [1.29, 1.82) is 0 Å². The van der Waals surface area contributed by atoms with E-state index in [1.807, 2.05) is 0 Å². The first kappa shape index (κ1) is 23.8. The van der Waals surface area contributed by atoms with E-state index in [4.69, 9.17) is 5.11 Å². The van der Waals surface area contributed by atoms with E-state index in [0.717, 1.165) is 32.1 Å². The number of hydrogen-bond acceptors (Lipinski definition) is 5. The Bertz CT molecular complexity index is 466. The van der Waals surface area contributed by atoms with Gasteiger partial charge in [0.1, 0.15) is 16.3 Å². The topological polar surface area (TPSA) is 124 Å². The molecule has 0 aromatic heterocycles. The summed E-state index contributed by atoms with van der Waals surface area (Å²) in [5.74, 6) is -2.02. The van der Waals surface area contributed by atoms with Gasteiger partial charge in [0.15, 0.2) is 0 Å². The minimum absolute atomic E-state index is 0.137. The number of nitrogens with zero attached hydrogens (tertiary/aromatic N) is 2. The van der Waals surface area contributed by atoms with Crippen LogP contribution in [0.2, 0.25) is 0 Å². The number of carboxylic acids is 1. The molecule has 0 heterocycles. The third kappa shape index (κ3) is 8.73. The number of allylic oxidation sites excluding steroid dienone is 4. The first-order valence-corrected chi connectivity index (χ1v) is 9.22. The van der Waals surface area contributed by atoms with Crippen LogP contribution in [0.25, 0.3) is 0 Å². The monoisotopic (exact) mass is 370 g/mol. The van der Waals surface area contributed by atoms with E-state index in [0.29, 0.717) is 6.42 Å². The Kier molecular flexibility index (Phi) is 12.8. The largest absolute Gasteiger partial charge is 0.552 e. The Balaban J connectivity index is 3.90. The molecule has 8 heteroatoms.